The van der Waals surface area contributed by atoms with Gasteiger partial charge in [0.25, 0.3) is 12.4 Å². The van der Waals surface area contributed by atoms with E-state index < -0.39 is 45.6 Å². The number of benzene rings is 4. The van der Waals surface area contributed by atoms with Gasteiger partial charge >= 0.3 is 6.18 Å². The molecule has 0 saturated carbocycles. The van der Waals surface area contributed by atoms with E-state index in [0.717, 1.165) is 40.4 Å². The first-order valence-electron chi connectivity index (χ1n) is 16.3. The molecule has 5 rings (SSSR count). The highest BCUT2D eigenvalue weighted by Gasteiger charge is 2.35. The summed E-state index contributed by atoms with van der Waals surface area (Å²) in [5, 5.41) is 5.92. The SMILES string of the molecule is CS(=O)(=O)N(c1ccc(F)cc1)c1cccc(C(=O)N[C@@H](Cc2ccccc2)[C@@H](CNCc2cccc(C(F)(F)F)c2)OC=O)c1N1CCCC1=O. The molecule has 1 aliphatic rings. The number of halogens is 4. The van der Waals surface area contributed by atoms with Crippen molar-refractivity contribution in [2.24, 2.45) is 0 Å². The molecule has 1 saturated heterocycles. The molecule has 274 valence electrons. The monoisotopic (exact) mass is 740 g/mol. The van der Waals surface area contributed by atoms with E-state index in [9.17, 15) is 40.4 Å². The zero-order valence-electron chi connectivity index (χ0n) is 28.0. The Morgan fingerprint density at radius 2 is 1.67 bits per heavy atom. The molecule has 2 N–H and O–H groups in total. The van der Waals surface area contributed by atoms with Crippen molar-refractivity contribution in [3.05, 3.63) is 125 Å². The summed E-state index contributed by atoms with van der Waals surface area (Å²) >= 11 is 0. The number of nitrogens with zero attached hydrogens (tertiary/aromatic N) is 2. The van der Waals surface area contributed by atoms with E-state index in [0.29, 0.717) is 12.0 Å². The second-order valence-electron chi connectivity index (χ2n) is 12.2. The standard InChI is InChI=1S/C37H36F4N4O6S/c1-52(49,50)45(29-17-15-28(38)16-18-29)32-13-6-12-30(35(32)44-19-7-14-34(44)47)36(48)43-31(21-25-8-3-2-4-9-25)33(51-24-46)23-42-22-26-10-5-11-27(20-26)37(39,40)41/h2-6,8-13,15-18,20,24,31,33,42H,7,14,19,21-23H2,1H3,(H,43,48)/t31-,33+/m0/s1. The molecule has 2 atom stereocenters. The molecule has 0 bridgehead atoms. The topological polar surface area (TPSA) is 125 Å². The molecule has 4 aromatic rings. The predicted octanol–water partition coefficient (Wildman–Crippen LogP) is 5.74. The minimum absolute atomic E-state index is 0.0113. The molecule has 10 nitrogen and oxygen atoms in total. The van der Waals surface area contributed by atoms with E-state index >= 15 is 0 Å². The Kier molecular flexibility index (Phi) is 12.0. The summed E-state index contributed by atoms with van der Waals surface area (Å²) in [7, 11) is -4.11. The van der Waals surface area contributed by atoms with Crippen LogP contribution in [0.5, 0.6) is 0 Å². The van der Waals surface area contributed by atoms with Gasteiger partial charge in [-0.2, -0.15) is 13.2 Å². The van der Waals surface area contributed by atoms with E-state index in [1.54, 1.807) is 30.3 Å². The number of anilines is 3. The molecule has 4 aromatic carbocycles. The van der Waals surface area contributed by atoms with Crippen molar-refractivity contribution >= 4 is 45.4 Å². The Balaban J connectivity index is 1.51. The number of para-hydroxylation sites is 1. The molecule has 0 spiro atoms. The van der Waals surface area contributed by atoms with Gasteiger partial charge in [-0.15, -0.1) is 0 Å². The summed E-state index contributed by atoms with van der Waals surface area (Å²) in [5.74, 6) is -1.65. The lowest BCUT2D eigenvalue weighted by atomic mass is 9.99. The Bertz CT molecular complexity index is 2000. The molecule has 0 aromatic heterocycles. The van der Waals surface area contributed by atoms with Crippen molar-refractivity contribution in [2.45, 2.75) is 44.1 Å². The number of hydrogen-bond donors (Lipinski definition) is 2. The van der Waals surface area contributed by atoms with Crippen molar-refractivity contribution in [2.75, 3.05) is 28.6 Å². The Morgan fingerprint density at radius 1 is 0.981 bits per heavy atom. The highest BCUT2D eigenvalue weighted by atomic mass is 32.2. The molecule has 1 aliphatic heterocycles. The summed E-state index contributed by atoms with van der Waals surface area (Å²) in [5.41, 5.74) is 0.299. The molecule has 52 heavy (non-hydrogen) atoms. The summed E-state index contributed by atoms with van der Waals surface area (Å²) < 4.78 is 86.6. The van der Waals surface area contributed by atoms with E-state index in [4.69, 9.17) is 4.74 Å². The highest BCUT2D eigenvalue weighted by Crippen LogP contribution is 2.41. The van der Waals surface area contributed by atoms with Crippen LogP contribution in [-0.4, -0.2) is 58.2 Å². The number of sulfonamides is 1. The lowest BCUT2D eigenvalue weighted by Gasteiger charge is -2.31. The van der Waals surface area contributed by atoms with Gasteiger partial charge in [0.05, 0.1) is 40.5 Å². The van der Waals surface area contributed by atoms with Gasteiger partial charge in [-0.3, -0.25) is 14.4 Å². The third kappa shape index (κ3) is 9.33. The first-order chi connectivity index (χ1) is 24.8. The summed E-state index contributed by atoms with van der Waals surface area (Å²) in [6.45, 7) is 0.322. The normalized spacial score (nSPS) is 14.5. The van der Waals surface area contributed by atoms with Crippen LogP contribution in [0.3, 0.4) is 0 Å². The predicted molar refractivity (Wildman–Crippen MR) is 187 cm³/mol. The minimum Gasteiger partial charge on any atom is -0.461 e. The van der Waals surface area contributed by atoms with E-state index in [-0.39, 0.29) is 67.5 Å². The molecular weight excluding hydrogens is 704 g/mol. The summed E-state index contributed by atoms with van der Waals surface area (Å²) in [6.07, 6.45) is -3.85. The first-order valence-corrected chi connectivity index (χ1v) is 18.1. The average Bonchev–Trinajstić information content (AvgIpc) is 3.53. The van der Waals surface area contributed by atoms with E-state index in [1.807, 2.05) is 0 Å². The molecule has 0 unspecified atom stereocenters. The van der Waals surface area contributed by atoms with Gasteiger partial charge in [-0.25, -0.2) is 17.1 Å². The number of nitrogens with one attached hydrogen (secondary N) is 2. The number of carbonyl (C=O) groups excluding carboxylic acids is 3. The Morgan fingerprint density at radius 3 is 2.31 bits per heavy atom. The highest BCUT2D eigenvalue weighted by molar-refractivity contribution is 7.92. The number of rotatable bonds is 15. The third-order valence-electron chi connectivity index (χ3n) is 8.44. The van der Waals surface area contributed by atoms with Gasteiger partial charge in [0.2, 0.25) is 15.9 Å². The van der Waals surface area contributed by atoms with Gasteiger partial charge in [0, 0.05) is 26.1 Å². The van der Waals surface area contributed by atoms with Crippen LogP contribution in [0.15, 0.2) is 97.1 Å². The zero-order chi connectivity index (χ0) is 37.5. The largest absolute Gasteiger partial charge is 0.461 e. The van der Waals surface area contributed by atoms with Crippen LogP contribution >= 0.6 is 0 Å². The van der Waals surface area contributed by atoms with Crippen molar-refractivity contribution in [3.63, 3.8) is 0 Å². The number of hydrogen-bond acceptors (Lipinski definition) is 7. The van der Waals surface area contributed by atoms with Crippen molar-refractivity contribution in [3.8, 4) is 0 Å². The third-order valence-corrected chi connectivity index (χ3v) is 9.51. The first kappa shape index (κ1) is 38.0. The van der Waals surface area contributed by atoms with Crippen molar-refractivity contribution < 1.29 is 45.1 Å². The average molecular weight is 741 g/mol. The van der Waals surface area contributed by atoms with Crippen LogP contribution < -0.4 is 19.8 Å². The fourth-order valence-electron chi connectivity index (χ4n) is 6.09. The number of amides is 2. The van der Waals surface area contributed by atoms with Gasteiger partial charge in [-0.1, -0.05) is 54.6 Å². The smallest absolute Gasteiger partial charge is 0.416 e. The van der Waals surface area contributed by atoms with Crippen molar-refractivity contribution in [1.29, 1.82) is 0 Å². The number of carbonyl (C=O) groups is 3. The van der Waals surface area contributed by atoms with Crippen LogP contribution in [0, 0.1) is 5.82 Å². The second-order valence-corrected chi connectivity index (χ2v) is 14.0. The maximum atomic E-state index is 14.3. The van der Waals surface area contributed by atoms with Crippen LogP contribution in [0.4, 0.5) is 34.6 Å². The lowest BCUT2D eigenvalue weighted by Crippen LogP contribution is -2.50. The second kappa shape index (κ2) is 16.4. The molecule has 2 amide bonds. The number of alkyl halides is 3. The maximum Gasteiger partial charge on any atom is 0.416 e. The molecule has 1 fully saturated rings. The Labute approximate surface area is 298 Å². The van der Waals surface area contributed by atoms with E-state index in [2.05, 4.69) is 10.6 Å². The zero-order valence-corrected chi connectivity index (χ0v) is 28.8. The number of ether oxygens (including phenoxy) is 1. The maximum absolute atomic E-state index is 14.3. The molecule has 15 heteroatoms. The molecular formula is C37H36F4N4O6S. The molecule has 1 heterocycles. The lowest BCUT2D eigenvalue weighted by molar-refractivity contribution is -0.137. The van der Waals surface area contributed by atoms with Crippen LogP contribution in [-0.2, 0) is 43.5 Å². The minimum atomic E-state index is -4.53. The van der Waals surface area contributed by atoms with Gasteiger partial charge < -0.3 is 20.3 Å². The van der Waals surface area contributed by atoms with E-state index in [1.165, 1.54) is 47.4 Å². The fourth-order valence-corrected chi connectivity index (χ4v) is 7.10. The van der Waals surface area contributed by atoms with Crippen molar-refractivity contribution in [1.82, 2.24) is 10.6 Å². The van der Waals surface area contributed by atoms with Gasteiger partial charge in [-0.05, 0) is 66.4 Å². The fraction of sp³-hybridized carbons (Fsp3) is 0.270. The van der Waals surface area contributed by atoms with Gasteiger partial charge in [0.15, 0.2) is 0 Å². The Hall–Kier alpha value is -5.28. The van der Waals surface area contributed by atoms with Crippen LogP contribution in [0.1, 0.15) is 39.9 Å². The van der Waals surface area contributed by atoms with Gasteiger partial charge in [0.1, 0.15) is 11.9 Å². The molecule has 0 radical (unpaired) electrons. The molecule has 0 aliphatic carbocycles. The van der Waals surface area contributed by atoms with Crippen LogP contribution in [0.25, 0.3) is 0 Å². The van der Waals surface area contributed by atoms with Crippen LogP contribution in [0.2, 0.25) is 0 Å². The summed E-state index contributed by atoms with van der Waals surface area (Å²) in [6, 6.07) is 21.9. The summed E-state index contributed by atoms with van der Waals surface area (Å²) in [4.78, 5) is 40.6. The quantitative estimate of drug-likeness (QED) is 0.118.